The van der Waals surface area contributed by atoms with E-state index in [-0.39, 0.29) is 5.71 Å². The van der Waals surface area contributed by atoms with E-state index < -0.39 is 5.97 Å². The second-order valence-corrected chi connectivity index (χ2v) is 1.89. The fourth-order valence-corrected chi connectivity index (χ4v) is 0.479. The Morgan fingerprint density at radius 2 is 2.17 bits per heavy atom. The van der Waals surface area contributed by atoms with Gasteiger partial charge in [0.1, 0.15) is 5.71 Å². The number of carboxylic acids is 1. The summed E-state index contributed by atoms with van der Waals surface area (Å²) in [7, 11) is 0. The van der Waals surface area contributed by atoms with Crippen molar-refractivity contribution in [2.45, 2.75) is 6.92 Å². The van der Waals surface area contributed by atoms with Gasteiger partial charge in [-0.1, -0.05) is 18.7 Å². The van der Waals surface area contributed by atoms with Gasteiger partial charge < -0.3 is 5.11 Å². The highest BCUT2D eigenvalue weighted by atomic mass is 16.4. The lowest BCUT2D eigenvalue weighted by Gasteiger charge is -1.87. The van der Waals surface area contributed by atoms with Gasteiger partial charge in [0.25, 0.3) is 0 Å². The molecule has 0 heterocycles. The summed E-state index contributed by atoms with van der Waals surface area (Å²) in [6.07, 6.45) is 7.83. The fourth-order valence-electron chi connectivity index (χ4n) is 0.479. The van der Waals surface area contributed by atoms with E-state index in [9.17, 15) is 4.79 Å². The Morgan fingerprint density at radius 3 is 2.58 bits per heavy atom. The summed E-state index contributed by atoms with van der Waals surface area (Å²) in [5, 5.41) is 8.48. The molecule has 3 nitrogen and oxygen atoms in total. The van der Waals surface area contributed by atoms with Gasteiger partial charge >= 0.3 is 5.97 Å². The van der Waals surface area contributed by atoms with Crippen molar-refractivity contribution in [3.8, 4) is 0 Å². The van der Waals surface area contributed by atoms with E-state index in [2.05, 4.69) is 11.6 Å². The van der Waals surface area contributed by atoms with E-state index in [0.29, 0.717) is 0 Å². The average Bonchev–Trinajstić information content (AvgIpc) is 2.04. The van der Waals surface area contributed by atoms with Crippen molar-refractivity contribution in [2.24, 2.45) is 4.99 Å². The standard InChI is InChI=1S/C9H11NO2/c1-3-5-6-7-10-8(4-2)9(11)12/h3-7H,2H2,1H3,(H,11,12)/b5-3-,7-6-,10-8?. The molecule has 3 heteroatoms. The van der Waals surface area contributed by atoms with Crippen molar-refractivity contribution in [3.05, 3.63) is 37.1 Å². The molecule has 0 aromatic carbocycles. The van der Waals surface area contributed by atoms with E-state index in [1.54, 1.807) is 12.2 Å². The average molecular weight is 165 g/mol. The molecule has 0 unspecified atom stereocenters. The van der Waals surface area contributed by atoms with Crippen LogP contribution in [0.15, 0.2) is 42.1 Å². The Morgan fingerprint density at radius 1 is 1.50 bits per heavy atom. The maximum atomic E-state index is 10.3. The van der Waals surface area contributed by atoms with Gasteiger partial charge in [-0.2, -0.15) is 0 Å². The molecule has 64 valence electrons. The summed E-state index contributed by atoms with van der Waals surface area (Å²) < 4.78 is 0. The van der Waals surface area contributed by atoms with E-state index in [1.807, 2.05) is 13.0 Å². The van der Waals surface area contributed by atoms with Crippen LogP contribution in [0.25, 0.3) is 0 Å². The monoisotopic (exact) mass is 165 g/mol. The van der Waals surface area contributed by atoms with Gasteiger partial charge in [-0.05, 0) is 19.1 Å². The van der Waals surface area contributed by atoms with Crippen LogP contribution >= 0.6 is 0 Å². The summed E-state index contributed by atoms with van der Waals surface area (Å²) in [6.45, 7) is 5.18. The summed E-state index contributed by atoms with van der Waals surface area (Å²) >= 11 is 0. The van der Waals surface area contributed by atoms with E-state index in [1.165, 1.54) is 12.3 Å². The van der Waals surface area contributed by atoms with Gasteiger partial charge in [0.15, 0.2) is 0 Å². The van der Waals surface area contributed by atoms with Gasteiger partial charge in [-0.25, -0.2) is 9.79 Å². The number of carboxylic acid groups (broad SMARTS) is 1. The van der Waals surface area contributed by atoms with Crippen LogP contribution in [0.5, 0.6) is 0 Å². The SMILES string of the molecule is C=CC(=N/C=C\C=C/C)C(=O)O. The number of carbonyl (C=O) groups is 1. The molecule has 0 aromatic heterocycles. The molecule has 0 rings (SSSR count). The first kappa shape index (κ1) is 10.4. The van der Waals surface area contributed by atoms with Crippen LogP contribution in [-0.4, -0.2) is 16.8 Å². The number of aliphatic carboxylic acids is 1. The van der Waals surface area contributed by atoms with Gasteiger partial charge in [-0.15, -0.1) is 0 Å². The summed E-state index contributed by atoms with van der Waals surface area (Å²) in [5.41, 5.74) is -0.0595. The molecule has 0 aliphatic rings. The van der Waals surface area contributed by atoms with Gasteiger partial charge in [0, 0.05) is 6.20 Å². The number of hydrogen-bond acceptors (Lipinski definition) is 2. The van der Waals surface area contributed by atoms with Crippen LogP contribution in [0.1, 0.15) is 6.92 Å². The summed E-state index contributed by atoms with van der Waals surface area (Å²) in [4.78, 5) is 14.0. The lowest BCUT2D eigenvalue weighted by atomic mass is 10.4. The largest absolute Gasteiger partial charge is 0.477 e. The first-order valence-electron chi connectivity index (χ1n) is 3.43. The normalized spacial score (nSPS) is 12.6. The van der Waals surface area contributed by atoms with Crippen LogP contribution < -0.4 is 0 Å². The Balaban J connectivity index is 4.30. The molecular weight excluding hydrogens is 154 g/mol. The Bertz CT molecular complexity index is 249. The van der Waals surface area contributed by atoms with Crippen molar-refractivity contribution in [1.82, 2.24) is 0 Å². The molecule has 0 saturated carbocycles. The quantitative estimate of drug-likeness (QED) is 0.510. The second kappa shape index (κ2) is 6.09. The molecule has 0 aliphatic heterocycles. The number of nitrogens with zero attached hydrogens (tertiary/aromatic N) is 1. The third-order valence-electron chi connectivity index (χ3n) is 1.02. The lowest BCUT2D eigenvalue weighted by molar-refractivity contribution is -0.129. The van der Waals surface area contributed by atoms with Crippen molar-refractivity contribution in [3.63, 3.8) is 0 Å². The van der Waals surface area contributed by atoms with Crippen LogP contribution in [-0.2, 0) is 4.79 Å². The fraction of sp³-hybridized carbons (Fsp3) is 0.111. The third-order valence-corrected chi connectivity index (χ3v) is 1.02. The maximum Gasteiger partial charge on any atom is 0.354 e. The van der Waals surface area contributed by atoms with Gasteiger partial charge in [-0.3, -0.25) is 0 Å². The zero-order valence-electron chi connectivity index (χ0n) is 6.90. The Labute approximate surface area is 71.4 Å². The second-order valence-electron chi connectivity index (χ2n) is 1.89. The molecule has 0 atom stereocenters. The minimum Gasteiger partial charge on any atom is -0.477 e. The highest BCUT2D eigenvalue weighted by molar-refractivity contribution is 6.40. The number of aliphatic imine (C=N–C) groups is 1. The maximum absolute atomic E-state index is 10.3. The molecule has 0 amide bonds. The third kappa shape index (κ3) is 4.22. The molecule has 1 N–H and O–H groups in total. The Kier molecular flexibility index (Phi) is 5.26. The van der Waals surface area contributed by atoms with Gasteiger partial charge in [0.05, 0.1) is 0 Å². The molecule has 0 aromatic rings. The summed E-state index contributed by atoms with van der Waals surface area (Å²) in [5.74, 6) is -1.07. The molecule has 0 fully saturated rings. The predicted molar refractivity (Wildman–Crippen MR) is 49.2 cm³/mol. The molecule has 12 heavy (non-hydrogen) atoms. The van der Waals surface area contributed by atoms with Crippen molar-refractivity contribution in [1.29, 1.82) is 0 Å². The minimum absolute atomic E-state index is 0.0595. The number of allylic oxidation sites excluding steroid dienone is 3. The molecule has 0 saturated heterocycles. The minimum atomic E-state index is -1.07. The molecule has 0 bridgehead atoms. The molecule has 0 spiro atoms. The van der Waals surface area contributed by atoms with Crippen LogP contribution in [0.2, 0.25) is 0 Å². The van der Waals surface area contributed by atoms with E-state index >= 15 is 0 Å². The van der Waals surface area contributed by atoms with Crippen LogP contribution in [0.4, 0.5) is 0 Å². The first-order chi connectivity index (χ1) is 5.72. The highest BCUT2D eigenvalue weighted by Crippen LogP contribution is 1.84. The lowest BCUT2D eigenvalue weighted by Crippen LogP contribution is -2.08. The van der Waals surface area contributed by atoms with Crippen LogP contribution in [0.3, 0.4) is 0 Å². The number of rotatable bonds is 4. The molecular formula is C9H11NO2. The van der Waals surface area contributed by atoms with E-state index in [4.69, 9.17) is 5.11 Å². The van der Waals surface area contributed by atoms with E-state index in [0.717, 1.165) is 0 Å². The molecule has 0 aliphatic carbocycles. The van der Waals surface area contributed by atoms with Crippen LogP contribution in [0, 0.1) is 0 Å². The summed E-state index contributed by atoms with van der Waals surface area (Å²) in [6, 6.07) is 0. The number of hydrogen-bond donors (Lipinski definition) is 1. The highest BCUT2D eigenvalue weighted by Gasteiger charge is 2.00. The van der Waals surface area contributed by atoms with Crippen molar-refractivity contribution >= 4 is 11.7 Å². The predicted octanol–water partition coefficient (Wildman–Crippen LogP) is 1.79. The van der Waals surface area contributed by atoms with Crippen molar-refractivity contribution in [2.75, 3.05) is 0 Å². The van der Waals surface area contributed by atoms with Crippen molar-refractivity contribution < 1.29 is 9.90 Å². The zero-order valence-corrected chi connectivity index (χ0v) is 6.90. The molecule has 0 radical (unpaired) electrons. The first-order valence-corrected chi connectivity index (χ1v) is 3.43. The topological polar surface area (TPSA) is 49.7 Å². The zero-order chi connectivity index (χ0) is 9.40. The van der Waals surface area contributed by atoms with Gasteiger partial charge in [0.2, 0.25) is 0 Å². The Hall–Kier alpha value is -1.64. The smallest absolute Gasteiger partial charge is 0.354 e.